The molecule has 62 heavy (non-hydrogen) atoms. The number of Topliss-reactive ketones (excluding diaryl/α,β-unsaturated/α-hetero) is 1. The van der Waals surface area contributed by atoms with Gasteiger partial charge in [-0.05, 0) is 77.4 Å². The molecule has 0 amide bonds. The lowest BCUT2D eigenvalue weighted by Crippen LogP contribution is -2.34. The summed E-state index contributed by atoms with van der Waals surface area (Å²) < 4.78 is 10.9. The first-order chi connectivity index (χ1) is 30.3. The molecule has 0 aromatic heterocycles. The summed E-state index contributed by atoms with van der Waals surface area (Å²) >= 11 is 0. The Morgan fingerprint density at radius 1 is 0.532 bits per heavy atom. The Morgan fingerprint density at radius 2 is 0.887 bits per heavy atom. The summed E-state index contributed by atoms with van der Waals surface area (Å²) in [6.07, 6.45) is 46.6. The zero-order valence-electron chi connectivity index (χ0n) is 42.0. The zero-order chi connectivity index (χ0) is 46.2. The number of nitrogens with one attached hydrogen (secondary N) is 1. The first-order valence-corrected chi connectivity index (χ1v) is 26.4. The Morgan fingerprint density at radius 3 is 1.26 bits per heavy atom. The number of ketones is 1. The van der Waals surface area contributed by atoms with E-state index in [1.54, 1.807) is 0 Å². The number of aldehydes is 2. The molecule has 366 valence electrons. The monoisotopic (exact) mass is 877 g/mol. The Labute approximate surface area is 385 Å². The summed E-state index contributed by atoms with van der Waals surface area (Å²) in [5.41, 5.74) is 0.498. The van der Waals surface area contributed by atoms with Crippen molar-refractivity contribution in [3.63, 3.8) is 0 Å². The molecule has 0 bridgehead atoms. The van der Waals surface area contributed by atoms with Gasteiger partial charge in [-0.3, -0.25) is 4.79 Å². The average molecular weight is 877 g/mol. The molecule has 0 aromatic rings. The number of hydrogen-bond donors (Lipinski definition) is 2. The Kier molecular flexibility index (Phi) is 50.0. The van der Waals surface area contributed by atoms with Gasteiger partial charge >= 0.3 is 0 Å². The van der Waals surface area contributed by atoms with Crippen molar-refractivity contribution in [2.24, 2.45) is 0 Å². The molecule has 0 heterocycles. The number of methoxy groups -OCH3 is 2. The molecule has 0 spiro atoms. The quantitative estimate of drug-likeness (QED) is 0.0354. The van der Waals surface area contributed by atoms with Crippen molar-refractivity contribution < 1.29 is 29.0 Å². The number of aliphatic hydroxyl groups excluding tert-OH is 1. The van der Waals surface area contributed by atoms with Crippen LogP contribution in [-0.4, -0.2) is 81.0 Å². The molecule has 1 atom stereocenters. The number of carbonyl (C=O) groups excluding carboxylic acids is 3. The van der Waals surface area contributed by atoms with Crippen LogP contribution in [0.2, 0.25) is 0 Å². The maximum Gasteiger partial charge on any atom is 0.215 e. The van der Waals surface area contributed by atoms with Gasteiger partial charge in [0.1, 0.15) is 18.3 Å². The lowest BCUT2D eigenvalue weighted by molar-refractivity contribution is -0.114. The predicted molar refractivity (Wildman–Crippen MR) is 266 cm³/mol. The largest absolute Gasteiger partial charge is 0.505 e. The topological polar surface area (TPSA) is 105 Å². The molecule has 8 nitrogen and oxygen atoms in total. The highest BCUT2D eigenvalue weighted by molar-refractivity contribution is 6.18. The SMILES string of the molecule is C=C1C(=O)C(NCCCN(CCCCCCCC=O)CCCCCCCC=O)=C1O.CCCCCCCCC(CC)OC.CCCCCCCCC(CCCCCCCC)OC. The third-order valence-electron chi connectivity index (χ3n) is 12.3. The molecule has 1 rings (SSSR count). The van der Waals surface area contributed by atoms with Crippen molar-refractivity contribution in [3.05, 3.63) is 23.6 Å². The Hall–Kier alpha value is -2.03. The maximum absolute atomic E-state index is 11.6. The molecule has 1 aliphatic carbocycles. The minimum absolute atomic E-state index is 0.000939. The first kappa shape index (κ1) is 62.1. The maximum atomic E-state index is 11.6. The molecule has 1 aliphatic rings. The van der Waals surface area contributed by atoms with Gasteiger partial charge in [0.05, 0.1) is 17.8 Å². The van der Waals surface area contributed by atoms with Crippen molar-refractivity contribution in [1.82, 2.24) is 10.2 Å². The van der Waals surface area contributed by atoms with Crippen molar-refractivity contribution in [2.45, 2.75) is 265 Å². The van der Waals surface area contributed by atoms with Crippen LogP contribution >= 0.6 is 0 Å². The van der Waals surface area contributed by atoms with Gasteiger partial charge in [-0.15, -0.1) is 0 Å². The number of nitrogens with zero attached hydrogens (tertiary/aromatic N) is 1. The zero-order valence-corrected chi connectivity index (χ0v) is 42.0. The number of rotatable bonds is 45. The molecule has 8 heteroatoms. The van der Waals surface area contributed by atoms with Crippen LogP contribution in [0, 0.1) is 0 Å². The van der Waals surface area contributed by atoms with Gasteiger partial charge < -0.3 is 34.4 Å². The molecule has 0 aliphatic heterocycles. The normalized spacial score (nSPS) is 12.8. The van der Waals surface area contributed by atoms with Gasteiger partial charge in [0, 0.05) is 33.6 Å². The van der Waals surface area contributed by atoms with Crippen LogP contribution < -0.4 is 5.32 Å². The second-order valence-corrected chi connectivity index (χ2v) is 17.9. The van der Waals surface area contributed by atoms with E-state index < -0.39 is 0 Å². The molecule has 1 unspecified atom stereocenters. The van der Waals surface area contributed by atoms with E-state index in [0.717, 1.165) is 83.6 Å². The fourth-order valence-corrected chi connectivity index (χ4v) is 7.98. The van der Waals surface area contributed by atoms with E-state index in [2.05, 4.69) is 44.5 Å². The molecule has 0 saturated heterocycles. The van der Waals surface area contributed by atoms with Crippen LogP contribution in [0.3, 0.4) is 0 Å². The van der Waals surface area contributed by atoms with Gasteiger partial charge in [-0.1, -0.05) is 188 Å². The molecule has 0 radical (unpaired) electrons. The smallest absolute Gasteiger partial charge is 0.215 e. The summed E-state index contributed by atoms with van der Waals surface area (Å²) in [7, 11) is 3.71. The Balaban J connectivity index is 0. The fourth-order valence-electron chi connectivity index (χ4n) is 7.98. The van der Waals surface area contributed by atoms with Gasteiger partial charge in [0.15, 0.2) is 5.76 Å². The van der Waals surface area contributed by atoms with Crippen molar-refractivity contribution in [1.29, 1.82) is 0 Å². The summed E-state index contributed by atoms with van der Waals surface area (Å²) in [6.45, 7) is 16.3. The standard InChI is InChI=1S/C24H40N2O4.C18H38O.C12H26O/c1-21-23(29)22(24(21)30)25-15-14-18-26(16-10-6-2-4-8-12-19-27)17-11-7-3-5-9-13-20-28;1-4-6-8-10-12-14-16-18(19-3)17-15-13-11-9-7-5-2;1-4-6-7-8-9-10-11-12(5-2)13-3/h19-20,25,29H,1-18H2;18H,4-17H2,1-3H3;12H,4-11H2,1-3H3. The minimum Gasteiger partial charge on any atom is -0.505 e. The molecular formula is C54H104N2O6. The number of unbranched alkanes of at least 4 members (excludes halogenated alkanes) is 25. The second kappa shape index (κ2) is 50.0. The van der Waals surface area contributed by atoms with E-state index in [0.29, 0.717) is 37.3 Å². The summed E-state index contributed by atoms with van der Waals surface area (Å²) in [5, 5.41) is 12.7. The number of ether oxygens (including phenoxy) is 2. The van der Waals surface area contributed by atoms with Crippen LogP contribution in [0.25, 0.3) is 0 Å². The first-order valence-electron chi connectivity index (χ1n) is 26.4. The molecule has 2 N–H and O–H groups in total. The van der Waals surface area contributed by atoms with E-state index in [4.69, 9.17) is 9.47 Å². The Bertz CT molecular complexity index is 990. The van der Waals surface area contributed by atoms with Crippen LogP contribution in [-0.2, 0) is 23.9 Å². The number of carbonyl (C=O) groups is 3. The third-order valence-corrected chi connectivity index (χ3v) is 12.3. The van der Waals surface area contributed by atoms with Crippen LogP contribution in [0.1, 0.15) is 252 Å². The van der Waals surface area contributed by atoms with Crippen LogP contribution in [0.4, 0.5) is 0 Å². The van der Waals surface area contributed by atoms with E-state index in [-0.39, 0.29) is 17.1 Å². The van der Waals surface area contributed by atoms with Crippen molar-refractivity contribution in [3.8, 4) is 0 Å². The summed E-state index contributed by atoms with van der Waals surface area (Å²) in [4.78, 5) is 34.8. The highest BCUT2D eigenvalue weighted by Crippen LogP contribution is 2.24. The summed E-state index contributed by atoms with van der Waals surface area (Å²) in [5.74, 6) is -0.186. The predicted octanol–water partition coefficient (Wildman–Crippen LogP) is 14.9. The second-order valence-electron chi connectivity index (χ2n) is 17.9. The van der Waals surface area contributed by atoms with Gasteiger partial charge in [-0.25, -0.2) is 0 Å². The molecular weight excluding hydrogens is 773 g/mol. The van der Waals surface area contributed by atoms with Crippen molar-refractivity contribution >= 4 is 18.4 Å². The number of allylic oxidation sites excluding steroid dienone is 2. The lowest BCUT2D eigenvalue weighted by atomic mass is 9.95. The molecule has 0 aromatic carbocycles. The van der Waals surface area contributed by atoms with Gasteiger partial charge in [-0.2, -0.15) is 0 Å². The lowest BCUT2D eigenvalue weighted by Gasteiger charge is -2.24. The minimum atomic E-state index is -0.187. The van der Waals surface area contributed by atoms with E-state index >= 15 is 0 Å². The van der Waals surface area contributed by atoms with Crippen molar-refractivity contribution in [2.75, 3.05) is 40.4 Å². The van der Waals surface area contributed by atoms with Crippen LogP contribution in [0.5, 0.6) is 0 Å². The molecule has 0 saturated carbocycles. The van der Waals surface area contributed by atoms with Gasteiger partial charge in [0.25, 0.3) is 0 Å². The van der Waals surface area contributed by atoms with E-state index in [1.165, 1.54) is 161 Å². The third kappa shape index (κ3) is 39.6. The molecule has 0 fully saturated rings. The van der Waals surface area contributed by atoms with Crippen LogP contribution in [0.15, 0.2) is 23.6 Å². The number of aliphatic hydroxyl groups is 1. The fraction of sp³-hybridized carbons (Fsp3) is 0.870. The highest BCUT2D eigenvalue weighted by Gasteiger charge is 2.31. The van der Waals surface area contributed by atoms with E-state index in [9.17, 15) is 19.5 Å². The van der Waals surface area contributed by atoms with Gasteiger partial charge in [0.2, 0.25) is 5.78 Å². The summed E-state index contributed by atoms with van der Waals surface area (Å²) in [6, 6.07) is 0. The number of hydrogen-bond acceptors (Lipinski definition) is 8. The van der Waals surface area contributed by atoms with E-state index in [1.807, 2.05) is 14.2 Å². The average Bonchev–Trinajstić information content (AvgIpc) is 3.29. The highest BCUT2D eigenvalue weighted by atomic mass is 16.5.